The molecule has 0 unspecified atom stereocenters. The molecule has 4 aromatic rings. The van der Waals surface area contributed by atoms with Crippen molar-refractivity contribution in [2.45, 2.75) is 13.0 Å². The predicted molar refractivity (Wildman–Crippen MR) is 97.9 cm³/mol. The first-order valence-corrected chi connectivity index (χ1v) is 8.48. The summed E-state index contributed by atoms with van der Waals surface area (Å²) in [6.45, 7) is 0.173. The van der Waals surface area contributed by atoms with Crippen LogP contribution >= 0.6 is 11.6 Å². The predicted octanol–water partition coefficient (Wildman–Crippen LogP) is 1.11. The van der Waals surface area contributed by atoms with Gasteiger partial charge in [0.2, 0.25) is 5.89 Å². The van der Waals surface area contributed by atoms with Gasteiger partial charge in [-0.2, -0.15) is 4.98 Å². The van der Waals surface area contributed by atoms with E-state index < -0.39 is 11.2 Å². The maximum Gasteiger partial charge on any atom is 0.332 e. The molecule has 0 aliphatic heterocycles. The minimum absolute atomic E-state index is 0.173. The van der Waals surface area contributed by atoms with E-state index in [1.165, 1.54) is 17.9 Å². The van der Waals surface area contributed by atoms with Crippen LogP contribution in [-0.2, 0) is 27.1 Å². The van der Waals surface area contributed by atoms with Gasteiger partial charge in [0.15, 0.2) is 17.0 Å². The lowest BCUT2D eigenvalue weighted by Crippen LogP contribution is -2.37. The normalized spacial score (nSPS) is 11.4. The monoisotopic (exact) mass is 386 g/mol. The Morgan fingerprint density at radius 2 is 2.00 bits per heavy atom. The summed E-state index contributed by atoms with van der Waals surface area (Å²) in [6, 6.07) is 7.42. The minimum Gasteiger partial charge on any atom is -0.337 e. The van der Waals surface area contributed by atoms with Crippen LogP contribution in [0.4, 0.5) is 0 Å². The molecule has 3 heterocycles. The van der Waals surface area contributed by atoms with Crippen LogP contribution in [0, 0.1) is 0 Å². The van der Waals surface area contributed by atoms with E-state index in [0.717, 1.165) is 10.1 Å². The van der Waals surface area contributed by atoms with Gasteiger partial charge in [0.25, 0.3) is 5.56 Å². The molecule has 0 amide bonds. The maximum atomic E-state index is 12.5. The molecule has 0 aliphatic rings. The molecule has 0 atom stereocenters. The summed E-state index contributed by atoms with van der Waals surface area (Å²) < 4.78 is 9.25. The van der Waals surface area contributed by atoms with Gasteiger partial charge in [-0.05, 0) is 17.7 Å². The summed E-state index contributed by atoms with van der Waals surface area (Å²) in [5.74, 6) is 0.847. The van der Waals surface area contributed by atoms with Crippen LogP contribution in [0.1, 0.15) is 17.3 Å². The van der Waals surface area contributed by atoms with E-state index in [1.807, 2.05) is 18.2 Å². The lowest BCUT2D eigenvalue weighted by Gasteiger charge is -2.04. The second kappa shape index (κ2) is 6.51. The van der Waals surface area contributed by atoms with Crippen molar-refractivity contribution < 1.29 is 4.52 Å². The first-order chi connectivity index (χ1) is 12.9. The molecular formula is C17H15ClN6O3. The van der Waals surface area contributed by atoms with E-state index in [2.05, 4.69) is 15.1 Å². The molecule has 138 valence electrons. The average molecular weight is 387 g/mol. The van der Waals surface area contributed by atoms with Gasteiger partial charge in [0.05, 0.1) is 6.33 Å². The molecular weight excluding hydrogens is 372 g/mol. The van der Waals surface area contributed by atoms with Gasteiger partial charge in [0, 0.05) is 25.5 Å². The minimum atomic E-state index is -0.431. The van der Waals surface area contributed by atoms with Crippen LogP contribution in [0.3, 0.4) is 0 Å². The highest BCUT2D eigenvalue weighted by Crippen LogP contribution is 2.14. The zero-order chi connectivity index (χ0) is 19.1. The summed E-state index contributed by atoms with van der Waals surface area (Å²) in [5.41, 5.74) is 0.714. The Bertz CT molecular complexity index is 1270. The standard InChI is InChI=1S/C17H15ClN6O3/c1-22-15-14(16(25)23(2)17(22)26)24(9-19-15)8-13-20-12(21-27-13)7-10-4-3-5-11(18)6-10/h3-6,9H,7-8H2,1-2H3. The molecule has 4 rings (SSSR count). The third-order valence-electron chi connectivity index (χ3n) is 4.28. The third kappa shape index (κ3) is 3.06. The van der Waals surface area contributed by atoms with E-state index >= 15 is 0 Å². The molecule has 9 nitrogen and oxygen atoms in total. The second-order valence-electron chi connectivity index (χ2n) is 6.16. The summed E-state index contributed by atoms with van der Waals surface area (Å²) >= 11 is 5.99. The summed E-state index contributed by atoms with van der Waals surface area (Å²) in [7, 11) is 2.99. The number of imidazole rings is 1. The molecule has 1 aromatic carbocycles. The van der Waals surface area contributed by atoms with E-state index in [-0.39, 0.29) is 6.54 Å². The first-order valence-electron chi connectivity index (χ1n) is 8.11. The highest BCUT2D eigenvalue weighted by Gasteiger charge is 2.16. The Hall–Kier alpha value is -3.20. The molecule has 0 bridgehead atoms. The summed E-state index contributed by atoms with van der Waals surface area (Å²) in [6.07, 6.45) is 1.96. The summed E-state index contributed by atoms with van der Waals surface area (Å²) in [5, 5.41) is 4.61. The maximum absolute atomic E-state index is 12.5. The topological polar surface area (TPSA) is 101 Å². The van der Waals surface area contributed by atoms with Crippen LogP contribution in [0.2, 0.25) is 5.02 Å². The average Bonchev–Trinajstić information content (AvgIpc) is 3.26. The molecule has 10 heteroatoms. The van der Waals surface area contributed by atoms with Gasteiger partial charge >= 0.3 is 5.69 Å². The smallest absolute Gasteiger partial charge is 0.332 e. The molecule has 3 aromatic heterocycles. The first kappa shape index (κ1) is 17.2. The molecule has 0 N–H and O–H groups in total. The number of hydrogen-bond acceptors (Lipinski definition) is 6. The fraction of sp³-hybridized carbons (Fsp3) is 0.235. The number of nitrogens with zero attached hydrogens (tertiary/aromatic N) is 6. The van der Waals surface area contributed by atoms with Crippen LogP contribution in [0.25, 0.3) is 11.2 Å². The van der Waals surface area contributed by atoms with Crippen LogP contribution in [0.15, 0.2) is 44.7 Å². The Morgan fingerprint density at radius 1 is 1.19 bits per heavy atom. The Balaban J connectivity index is 1.65. The second-order valence-corrected chi connectivity index (χ2v) is 6.60. The molecule has 27 heavy (non-hydrogen) atoms. The van der Waals surface area contributed by atoms with E-state index in [0.29, 0.717) is 34.3 Å². The van der Waals surface area contributed by atoms with E-state index in [1.54, 1.807) is 17.7 Å². The molecule has 0 radical (unpaired) electrons. The highest BCUT2D eigenvalue weighted by atomic mass is 35.5. The number of aromatic nitrogens is 6. The Labute approximate surface area is 157 Å². The molecule has 0 saturated heterocycles. The number of rotatable bonds is 4. The van der Waals surface area contributed by atoms with Crippen molar-refractivity contribution in [3.63, 3.8) is 0 Å². The number of benzene rings is 1. The van der Waals surface area contributed by atoms with Gasteiger partial charge in [0.1, 0.15) is 6.54 Å². The fourth-order valence-electron chi connectivity index (χ4n) is 2.92. The van der Waals surface area contributed by atoms with Crippen LogP contribution in [-0.4, -0.2) is 28.8 Å². The van der Waals surface area contributed by atoms with Gasteiger partial charge in [-0.3, -0.25) is 13.9 Å². The molecule has 0 spiro atoms. The highest BCUT2D eigenvalue weighted by molar-refractivity contribution is 6.30. The summed E-state index contributed by atoms with van der Waals surface area (Å²) in [4.78, 5) is 33.0. The largest absolute Gasteiger partial charge is 0.337 e. The quantitative estimate of drug-likeness (QED) is 0.520. The van der Waals surface area contributed by atoms with Crippen molar-refractivity contribution in [1.29, 1.82) is 0 Å². The van der Waals surface area contributed by atoms with Gasteiger partial charge < -0.3 is 9.09 Å². The van der Waals surface area contributed by atoms with Gasteiger partial charge in [-0.25, -0.2) is 9.78 Å². The Morgan fingerprint density at radius 3 is 2.78 bits per heavy atom. The van der Waals surface area contributed by atoms with Crippen molar-refractivity contribution in [2.24, 2.45) is 14.1 Å². The fourth-order valence-corrected chi connectivity index (χ4v) is 3.13. The van der Waals surface area contributed by atoms with E-state index in [9.17, 15) is 9.59 Å². The number of hydrogen-bond donors (Lipinski definition) is 0. The van der Waals surface area contributed by atoms with Crippen molar-refractivity contribution >= 4 is 22.8 Å². The zero-order valence-corrected chi connectivity index (χ0v) is 15.3. The molecule has 0 aliphatic carbocycles. The Kier molecular flexibility index (Phi) is 4.15. The third-order valence-corrected chi connectivity index (χ3v) is 4.52. The molecule has 0 fully saturated rings. The number of aryl methyl sites for hydroxylation is 1. The van der Waals surface area contributed by atoms with Crippen molar-refractivity contribution in [3.8, 4) is 0 Å². The van der Waals surface area contributed by atoms with Crippen molar-refractivity contribution in [3.05, 3.63) is 73.7 Å². The molecule has 0 saturated carbocycles. The lowest BCUT2D eigenvalue weighted by molar-refractivity contribution is 0.368. The number of halogens is 1. The SMILES string of the molecule is Cn1c(=O)c2c(ncn2Cc2nc(Cc3cccc(Cl)c3)no2)n(C)c1=O. The van der Waals surface area contributed by atoms with E-state index in [4.69, 9.17) is 16.1 Å². The van der Waals surface area contributed by atoms with Crippen molar-refractivity contribution in [2.75, 3.05) is 0 Å². The van der Waals surface area contributed by atoms with Crippen LogP contribution < -0.4 is 11.2 Å². The zero-order valence-electron chi connectivity index (χ0n) is 14.6. The van der Waals surface area contributed by atoms with Crippen molar-refractivity contribution in [1.82, 2.24) is 28.8 Å². The lowest BCUT2D eigenvalue weighted by atomic mass is 10.1. The number of fused-ring (bicyclic) bond motifs is 1. The van der Waals surface area contributed by atoms with Gasteiger partial charge in [-0.1, -0.05) is 28.9 Å². The van der Waals surface area contributed by atoms with Gasteiger partial charge in [-0.15, -0.1) is 0 Å². The van der Waals surface area contributed by atoms with Crippen LogP contribution in [0.5, 0.6) is 0 Å².